The Bertz CT molecular complexity index is 688. The van der Waals surface area contributed by atoms with E-state index >= 15 is 0 Å². The molecule has 0 heterocycles. The number of carbonyl (C=O) groups is 1. The molecule has 0 saturated carbocycles. The first-order valence-electron chi connectivity index (χ1n) is 6.46. The van der Waals surface area contributed by atoms with E-state index in [1.807, 2.05) is 0 Å². The Balaban J connectivity index is 2.28. The fourth-order valence-electron chi connectivity index (χ4n) is 2.01. The summed E-state index contributed by atoms with van der Waals surface area (Å²) in [6, 6.07) is 10.1. The minimum absolute atomic E-state index is 0.322. The molecule has 0 fully saturated rings. The number of para-hydroxylation sites is 1. The third-order valence-electron chi connectivity index (χ3n) is 3.06. The fourth-order valence-corrected chi connectivity index (χ4v) is 2.27. The maximum Gasteiger partial charge on any atom is 0.259 e. The number of nitrogens with one attached hydrogen (secondary N) is 1. The van der Waals surface area contributed by atoms with Gasteiger partial charge in [-0.25, -0.2) is 0 Å². The monoisotopic (exact) mass is 321 g/mol. The molecule has 1 amide bonds. The second kappa shape index (κ2) is 7.04. The van der Waals surface area contributed by atoms with E-state index in [4.69, 9.17) is 25.8 Å². The first-order valence-corrected chi connectivity index (χ1v) is 6.84. The maximum atomic E-state index is 12.4. The standard InChI is InChI=1S/C16H16ClNO4/c1-20-13-8-7-10(9-12(13)17)18-16(19)11-5-4-6-14(21-2)15(11)22-3/h4-9H,1-3H3,(H,18,19). The molecule has 1 N–H and O–H groups in total. The third-order valence-corrected chi connectivity index (χ3v) is 3.35. The van der Waals surface area contributed by atoms with E-state index in [1.165, 1.54) is 21.3 Å². The van der Waals surface area contributed by atoms with Crippen LogP contribution in [0.2, 0.25) is 5.02 Å². The van der Waals surface area contributed by atoms with Gasteiger partial charge in [0.2, 0.25) is 0 Å². The van der Waals surface area contributed by atoms with E-state index in [1.54, 1.807) is 36.4 Å². The van der Waals surface area contributed by atoms with Crippen molar-refractivity contribution in [2.45, 2.75) is 0 Å². The van der Waals surface area contributed by atoms with E-state index < -0.39 is 0 Å². The summed E-state index contributed by atoms with van der Waals surface area (Å²) in [5, 5.41) is 3.18. The number of hydrogen-bond donors (Lipinski definition) is 1. The Morgan fingerprint density at radius 1 is 1.00 bits per heavy atom. The summed E-state index contributed by atoms with van der Waals surface area (Å²) in [6.07, 6.45) is 0. The Labute approximate surface area is 133 Å². The molecule has 0 atom stereocenters. The van der Waals surface area contributed by atoms with E-state index in [-0.39, 0.29) is 5.91 Å². The van der Waals surface area contributed by atoms with E-state index in [2.05, 4.69) is 5.32 Å². The molecular weight excluding hydrogens is 306 g/mol. The Hall–Kier alpha value is -2.40. The summed E-state index contributed by atoms with van der Waals surface area (Å²) in [5.41, 5.74) is 0.925. The van der Waals surface area contributed by atoms with Gasteiger partial charge >= 0.3 is 0 Å². The van der Waals surface area contributed by atoms with Gasteiger partial charge in [-0.15, -0.1) is 0 Å². The third kappa shape index (κ3) is 3.26. The molecule has 116 valence electrons. The molecule has 22 heavy (non-hydrogen) atoms. The van der Waals surface area contributed by atoms with Crippen molar-refractivity contribution in [2.24, 2.45) is 0 Å². The molecule has 0 unspecified atom stereocenters. The highest BCUT2D eigenvalue weighted by Gasteiger charge is 2.16. The summed E-state index contributed by atoms with van der Waals surface area (Å²) in [4.78, 5) is 12.4. The van der Waals surface area contributed by atoms with E-state index in [9.17, 15) is 4.79 Å². The molecule has 2 aromatic rings. The second-order valence-electron chi connectivity index (χ2n) is 4.34. The van der Waals surface area contributed by atoms with E-state index in [0.717, 1.165) is 0 Å². The summed E-state index contributed by atoms with van der Waals surface area (Å²) >= 11 is 6.04. The molecule has 0 radical (unpaired) electrons. The zero-order chi connectivity index (χ0) is 16.1. The minimum Gasteiger partial charge on any atom is -0.495 e. The van der Waals surface area contributed by atoms with Crippen molar-refractivity contribution in [2.75, 3.05) is 26.6 Å². The van der Waals surface area contributed by atoms with Crippen LogP contribution < -0.4 is 19.5 Å². The molecule has 2 rings (SSSR count). The first kappa shape index (κ1) is 16.0. The minimum atomic E-state index is -0.322. The van der Waals surface area contributed by atoms with Gasteiger partial charge in [0.1, 0.15) is 5.75 Å². The van der Waals surface area contributed by atoms with Gasteiger partial charge in [-0.2, -0.15) is 0 Å². The SMILES string of the molecule is COc1ccc(NC(=O)c2cccc(OC)c2OC)cc1Cl. The van der Waals surface area contributed by atoms with Crippen molar-refractivity contribution in [1.82, 2.24) is 0 Å². The Morgan fingerprint density at radius 3 is 2.32 bits per heavy atom. The van der Waals surface area contributed by atoms with Gasteiger partial charge in [0.25, 0.3) is 5.91 Å². The lowest BCUT2D eigenvalue weighted by molar-refractivity contribution is 0.102. The molecule has 2 aromatic carbocycles. The summed E-state index contributed by atoms with van der Waals surface area (Å²) in [5.74, 6) is 1.08. The van der Waals surface area contributed by atoms with Gasteiger partial charge < -0.3 is 19.5 Å². The normalized spacial score (nSPS) is 10.0. The molecule has 6 heteroatoms. The smallest absolute Gasteiger partial charge is 0.259 e. The van der Waals surface area contributed by atoms with Gasteiger partial charge in [0, 0.05) is 5.69 Å². The van der Waals surface area contributed by atoms with Crippen LogP contribution in [0.25, 0.3) is 0 Å². The number of carbonyl (C=O) groups excluding carboxylic acids is 1. The lowest BCUT2D eigenvalue weighted by Crippen LogP contribution is -2.13. The summed E-state index contributed by atoms with van der Waals surface area (Å²) < 4.78 is 15.5. The number of rotatable bonds is 5. The van der Waals surface area contributed by atoms with Crippen LogP contribution in [0.1, 0.15) is 10.4 Å². The number of hydrogen-bond acceptors (Lipinski definition) is 4. The van der Waals surface area contributed by atoms with Crippen LogP contribution in [0, 0.1) is 0 Å². The van der Waals surface area contributed by atoms with Crippen LogP contribution >= 0.6 is 11.6 Å². The number of anilines is 1. The van der Waals surface area contributed by atoms with Crippen LogP contribution in [0.3, 0.4) is 0 Å². The predicted octanol–water partition coefficient (Wildman–Crippen LogP) is 3.62. The van der Waals surface area contributed by atoms with Gasteiger partial charge in [-0.05, 0) is 30.3 Å². The number of methoxy groups -OCH3 is 3. The molecule has 0 saturated heterocycles. The number of benzene rings is 2. The summed E-state index contributed by atoms with van der Waals surface area (Å²) in [7, 11) is 4.53. The average molecular weight is 322 g/mol. The van der Waals surface area contributed by atoms with Crippen molar-refractivity contribution in [3.8, 4) is 17.2 Å². The highest BCUT2D eigenvalue weighted by atomic mass is 35.5. The summed E-state index contributed by atoms with van der Waals surface area (Å²) in [6.45, 7) is 0. The van der Waals surface area contributed by atoms with Crippen LogP contribution in [-0.2, 0) is 0 Å². The second-order valence-corrected chi connectivity index (χ2v) is 4.75. The molecule has 0 spiro atoms. The van der Waals surface area contributed by atoms with Crippen molar-refractivity contribution >= 4 is 23.2 Å². The largest absolute Gasteiger partial charge is 0.495 e. The van der Waals surface area contributed by atoms with Crippen LogP contribution in [0.4, 0.5) is 5.69 Å². The van der Waals surface area contributed by atoms with Crippen molar-refractivity contribution in [1.29, 1.82) is 0 Å². The average Bonchev–Trinajstić information content (AvgIpc) is 2.54. The number of halogens is 1. The van der Waals surface area contributed by atoms with Crippen molar-refractivity contribution < 1.29 is 19.0 Å². The fraction of sp³-hybridized carbons (Fsp3) is 0.188. The Kier molecular flexibility index (Phi) is 5.12. The van der Waals surface area contributed by atoms with Crippen molar-refractivity contribution in [3.05, 3.63) is 47.0 Å². The van der Waals surface area contributed by atoms with Gasteiger partial charge in [0.05, 0.1) is 31.9 Å². The quantitative estimate of drug-likeness (QED) is 0.914. The Morgan fingerprint density at radius 2 is 1.73 bits per heavy atom. The van der Waals surface area contributed by atoms with Crippen LogP contribution in [0.5, 0.6) is 17.2 Å². The van der Waals surface area contributed by atoms with Gasteiger partial charge in [-0.1, -0.05) is 17.7 Å². The number of ether oxygens (including phenoxy) is 3. The molecule has 0 aliphatic rings. The molecule has 0 aliphatic carbocycles. The van der Waals surface area contributed by atoms with Crippen LogP contribution in [0.15, 0.2) is 36.4 Å². The molecular formula is C16H16ClNO4. The zero-order valence-electron chi connectivity index (χ0n) is 12.5. The van der Waals surface area contributed by atoms with E-state index in [0.29, 0.717) is 33.5 Å². The zero-order valence-corrected chi connectivity index (χ0v) is 13.2. The topological polar surface area (TPSA) is 56.8 Å². The van der Waals surface area contributed by atoms with Crippen LogP contribution in [-0.4, -0.2) is 27.2 Å². The lowest BCUT2D eigenvalue weighted by atomic mass is 10.1. The molecule has 0 aliphatic heterocycles. The highest BCUT2D eigenvalue weighted by molar-refractivity contribution is 6.32. The van der Waals surface area contributed by atoms with Crippen molar-refractivity contribution in [3.63, 3.8) is 0 Å². The highest BCUT2D eigenvalue weighted by Crippen LogP contribution is 2.32. The molecule has 5 nitrogen and oxygen atoms in total. The first-order chi connectivity index (χ1) is 10.6. The molecule has 0 aromatic heterocycles. The number of amides is 1. The molecule has 0 bridgehead atoms. The van der Waals surface area contributed by atoms with Gasteiger partial charge in [0.15, 0.2) is 11.5 Å². The van der Waals surface area contributed by atoms with Gasteiger partial charge in [-0.3, -0.25) is 4.79 Å². The lowest BCUT2D eigenvalue weighted by Gasteiger charge is -2.13. The maximum absolute atomic E-state index is 12.4. The predicted molar refractivity (Wildman–Crippen MR) is 85.5 cm³/mol.